The third-order valence-corrected chi connectivity index (χ3v) is 4.23. The molecule has 1 fully saturated rings. The van der Waals surface area contributed by atoms with Crippen molar-refractivity contribution in [1.29, 1.82) is 0 Å². The summed E-state index contributed by atoms with van der Waals surface area (Å²) >= 11 is 1.59. The van der Waals surface area contributed by atoms with Crippen molar-refractivity contribution in [3.8, 4) is 11.4 Å². The van der Waals surface area contributed by atoms with Gasteiger partial charge >= 0.3 is 0 Å². The van der Waals surface area contributed by atoms with Gasteiger partial charge in [-0.2, -0.15) is 0 Å². The van der Waals surface area contributed by atoms with Crippen molar-refractivity contribution in [2.75, 3.05) is 12.8 Å². The molecule has 0 spiro atoms. The maximum Gasteiger partial charge on any atom is 0.165 e. The number of hydrogen-bond acceptors (Lipinski definition) is 5. The highest BCUT2D eigenvalue weighted by molar-refractivity contribution is 7.98. The molecule has 0 amide bonds. The van der Waals surface area contributed by atoms with Crippen molar-refractivity contribution in [3.63, 3.8) is 0 Å². The van der Waals surface area contributed by atoms with Gasteiger partial charge in [0, 0.05) is 12.7 Å². The van der Waals surface area contributed by atoms with E-state index in [-0.39, 0.29) is 0 Å². The molecule has 0 radical (unpaired) electrons. The molecule has 0 atom stereocenters. The third kappa shape index (κ3) is 3.94. The second kappa shape index (κ2) is 7.06. The van der Waals surface area contributed by atoms with Gasteiger partial charge in [0.1, 0.15) is 5.69 Å². The van der Waals surface area contributed by atoms with E-state index in [9.17, 15) is 5.11 Å². The Morgan fingerprint density at radius 1 is 1.35 bits per heavy atom. The van der Waals surface area contributed by atoms with Gasteiger partial charge in [-0.3, -0.25) is 4.98 Å². The molecule has 0 saturated heterocycles. The number of nitrogens with zero attached hydrogens (tertiary/aromatic N) is 2. The highest BCUT2D eigenvalue weighted by Crippen LogP contribution is 2.26. The average molecular weight is 294 g/mol. The Hall–Kier alpha value is -1.11. The highest BCUT2D eigenvalue weighted by Gasteiger charge is 2.26. The zero-order valence-electron chi connectivity index (χ0n) is 11.8. The van der Waals surface area contributed by atoms with Gasteiger partial charge in [-0.15, -0.1) is 0 Å². The lowest BCUT2D eigenvalue weighted by atomic mass is 9.85. The number of nitrogens with two attached hydrogens (primary N) is 1. The maximum atomic E-state index is 9.56. The fraction of sp³-hybridized carbons (Fsp3) is 0.571. The molecule has 6 heteroatoms. The summed E-state index contributed by atoms with van der Waals surface area (Å²) in [7, 11) is 0. The Kier molecular flexibility index (Phi) is 5.39. The Labute approximate surface area is 123 Å². The predicted octanol–water partition coefficient (Wildman–Crippen LogP) is 2.27. The van der Waals surface area contributed by atoms with Crippen LogP contribution in [-0.4, -0.2) is 38.5 Å². The van der Waals surface area contributed by atoms with E-state index in [1.165, 1.54) is 6.42 Å². The van der Waals surface area contributed by atoms with Crippen LogP contribution in [0.5, 0.6) is 0 Å². The van der Waals surface area contributed by atoms with Crippen LogP contribution in [0.25, 0.3) is 11.4 Å². The van der Waals surface area contributed by atoms with Crippen LogP contribution in [0, 0.1) is 0 Å². The number of H-pyrrole nitrogens is 1. The van der Waals surface area contributed by atoms with Crippen LogP contribution in [0.1, 0.15) is 32.1 Å². The topological polar surface area (TPSA) is 87.8 Å². The lowest BCUT2D eigenvalue weighted by molar-refractivity contribution is 0.0128. The molecule has 3 rings (SSSR count). The lowest BCUT2D eigenvalue weighted by Gasteiger charge is -2.30. The van der Waals surface area contributed by atoms with Crippen molar-refractivity contribution in [2.24, 2.45) is 5.73 Å². The largest absolute Gasteiger partial charge is 0.389 e. The van der Waals surface area contributed by atoms with Crippen molar-refractivity contribution in [2.45, 2.75) is 42.9 Å². The zero-order valence-corrected chi connectivity index (χ0v) is 12.6. The summed E-state index contributed by atoms with van der Waals surface area (Å²) in [5.74, 6) is 0. The smallest absolute Gasteiger partial charge is 0.165 e. The van der Waals surface area contributed by atoms with E-state index in [1.54, 1.807) is 24.2 Å². The molecule has 110 valence electrons. The molecule has 20 heavy (non-hydrogen) atoms. The van der Waals surface area contributed by atoms with Crippen LogP contribution in [0.4, 0.5) is 0 Å². The van der Waals surface area contributed by atoms with Crippen LogP contribution in [0.3, 0.4) is 0 Å². The summed E-state index contributed by atoms with van der Waals surface area (Å²) in [6.07, 6.45) is 10.9. The summed E-state index contributed by atoms with van der Waals surface area (Å²) in [6, 6.07) is 1.94. The number of hydrogen-bond donors (Lipinski definition) is 3. The molecule has 0 aromatic rings. The van der Waals surface area contributed by atoms with E-state index in [0.29, 0.717) is 6.54 Å². The van der Waals surface area contributed by atoms with Crippen LogP contribution >= 0.6 is 11.8 Å². The molecule has 0 aromatic heterocycles. The minimum absolute atomic E-state index is 0.438. The first-order valence-electron chi connectivity index (χ1n) is 6.93. The number of aliphatic hydroxyl groups is 1. The van der Waals surface area contributed by atoms with Gasteiger partial charge in [0.05, 0.1) is 17.5 Å². The van der Waals surface area contributed by atoms with E-state index < -0.39 is 5.60 Å². The monoisotopic (exact) mass is 294 g/mol. The molecular formula is C14H22N4OS. The van der Waals surface area contributed by atoms with Gasteiger partial charge in [0.15, 0.2) is 5.16 Å². The van der Waals surface area contributed by atoms with Gasteiger partial charge in [-0.1, -0.05) is 31.0 Å². The maximum absolute atomic E-state index is 9.56. The Bertz CT molecular complexity index is 496. The SMILES string of the molecule is CSc1ncc2nccc-2[nH]1.NCC1(O)CCCCC1. The second-order valence-corrected chi connectivity index (χ2v) is 5.92. The lowest BCUT2D eigenvalue weighted by Crippen LogP contribution is -2.39. The van der Waals surface area contributed by atoms with Gasteiger partial charge < -0.3 is 15.8 Å². The second-order valence-electron chi connectivity index (χ2n) is 5.13. The summed E-state index contributed by atoms with van der Waals surface area (Å²) in [5, 5.41) is 10.5. The first-order chi connectivity index (χ1) is 9.67. The molecule has 1 saturated carbocycles. The fourth-order valence-corrected chi connectivity index (χ4v) is 2.71. The molecule has 0 aromatic carbocycles. The van der Waals surface area contributed by atoms with Gasteiger partial charge in [0.2, 0.25) is 0 Å². The number of thioether (sulfide) groups is 1. The molecular weight excluding hydrogens is 272 g/mol. The predicted molar refractivity (Wildman–Crippen MR) is 81.9 cm³/mol. The Morgan fingerprint density at radius 3 is 2.70 bits per heavy atom. The molecule has 2 aliphatic heterocycles. The fourth-order valence-electron chi connectivity index (χ4n) is 2.34. The van der Waals surface area contributed by atoms with Crippen molar-refractivity contribution >= 4 is 11.8 Å². The van der Waals surface area contributed by atoms with Gasteiger partial charge in [-0.25, -0.2) is 4.98 Å². The quantitative estimate of drug-likeness (QED) is 0.584. The number of aromatic nitrogens is 3. The summed E-state index contributed by atoms with van der Waals surface area (Å²) in [5.41, 5.74) is 6.85. The summed E-state index contributed by atoms with van der Waals surface area (Å²) < 4.78 is 0. The summed E-state index contributed by atoms with van der Waals surface area (Å²) in [4.78, 5) is 11.4. The van der Waals surface area contributed by atoms with E-state index in [0.717, 1.165) is 42.2 Å². The number of aromatic amines is 1. The van der Waals surface area contributed by atoms with Crippen molar-refractivity contribution < 1.29 is 5.11 Å². The number of fused-ring (bicyclic) bond motifs is 1. The Morgan fingerprint density at radius 2 is 2.10 bits per heavy atom. The van der Waals surface area contributed by atoms with E-state index in [1.807, 2.05) is 12.3 Å². The highest BCUT2D eigenvalue weighted by atomic mass is 32.2. The molecule has 0 unspecified atom stereocenters. The van der Waals surface area contributed by atoms with Crippen LogP contribution in [-0.2, 0) is 0 Å². The van der Waals surface area contributed by atoms with E-state index >= 15 is 0 Å². The third-order valence-electron chi connectivity index (χ3n) is 3.63. The number of rotatable bonds is 2. The zero-order chi connectivity index (χ0) is 14.4. The Balaban J connectivity index is 0.000000151. The van der Waals surface area contributed by atoms with Crippen LogP contribution in [0.15, 0.2) is 23.6 Å². The van der Waals surface area contributed by atoms with Gasteiger partial charge in [-0.05, 0) is 25.2 Å². The molecule has 4 N–H and O–H groups in total. The van der Waals surface area contributed by atoms with Crippen LogP contribution in [0.2, 0.25) is 0 Å². The molecule has 1 aliphatic carbocycles. The molecule has 3 aliphatic rings. The molecule has 2 heterocycles. The van der Waals surface area contributed by atoms with Crippen molar-refractivity contribution in [3.05, 3.63) is 18.5 Å². The van der Waals surface area contributed by atoms with Gasteiger partial charge in [0.25, 0.3) is 0 Å². The first kappa shape index (κ1) is 15.3. The standard InChI is InChI=1S/C7H7N3S.C7H15NO/c1-11-7-9-4-6-5(10-7)2-3-8-6;8-6-7(9)4-2-1-3-5-7/h2-4H,1H3,(H,9,10);9H,1-6,8H2. The first-order valence-corrected chi connectivity index (χ1v) is 8.15. The minimum Gasteiger partial charge on any atom is -0.389 e. The normalized spacial score (nSPS) is 17.6. The minimum atomic E-state index is -0.502. The average Bonchev–Trinajstić information content (AvgIpc) is 2.96. The van der Waals surface area contributed by atoms with E-state index in [4.69, 9.17) is 5.73 Å². The van der Waals surface area contributed by atoms with Crippen LogP contribution < -0.4 is 5.73 Å². The molecule has 0 bridgehead atoms. The number of nitrogens with one attached hydrogen (secondary N) is 1. The van der Waals surface area contributed by atoms with E-state index in [2.05, 4.69) is 15.0 Å². The molecule has 5 nitrogen and oxygen atoms in total. The van der Waals surface area contributed by atoms with Crippen molar-refractivity contribution in [1.82, 2.24) is 15.0 Å². The summed E-state index contributed by atoms with van der Waals surface area (Å²) in [6.45, 7) is 0.438.